The number of nitrogens with one attached hydrogen (secondary N) is 2. The summed E-state index contributed by atoms with van der Waals surface area (Å²) < 4.78 is 0. The number of fused-ring (bicyclic) bond motifs is 1. The minimum atomic E-state index is -0.173. The first-order chi connectivity index (χ1) is 13.5. The number of hydrogen-bond acceptors (Lipinski definition) is 3. The van der Waals surface area contributed by atoms with E-state index >= 15 is 0 Å². The van der Waals surface area contributed by atoms with Crippen molar-refractivity contribution in [2.45, 2.75) is 32.6 Å². The predicted octanol–water partition coefficient (Wildman–Crippen LogP) is 4.96. The number of benzene rings is 2. The molecule has 1 aliphatic rings. The van der Waals surface area contributed by atoms with Gasteiger partial charge in [-0.3, -0.25) is 14.6 Å². The molecule has 4 rings (SSSR count). The van der Waals surface area contributed by atoms with Crippen LogP contribution in [0.1, 0.15) is 48.7 Å². The Labute approximate surface area is 164 Å². The molecule has 142 valence electrons. The highest BCUT2D eigenvalue weighted by Gasteiger charge is 2.27. The molecule has 28 heavy (non-hydrogen) atoms. The van der Waals surface area contributed by atoms with Crippen LogP contribution in [0, 0.1) is 5.92 Å². The van der Waals surface area contributed by atoms with E-state index in [0.717, 1.165) is 29.4 Å². The van der Waals surface area contributed by atoms with Crippen molar-refractivity contribution in [3.8, 4) is 0 Å². The second kappa shape index (κ2) is 7.43. The number of amides is 2. The number of rotatable bonds is 5. The number of nitrogens with zero attached hydrogens (tertiary/aromatic N) is 1. The summed E-state index contributed by atoms with van der Waals surface area (Å²) in [7, 11) is 0. The standard InChI is InChI=1S/C23H23N3O2/c1-14(2)22(27)24-16-6-5-7-17(12-16)25-23(28)19-13-21(15-10-11-15)26-20-9-4-3-8-18(19)20/h3-9,12-15H,10-11H2,1-2H3,(H,24,27)(H,25,28). The van der Waals surface area contributed by atoms with Crippen LogP contribution in [0.5, 0.6) is 0 Å². The van der Waals surface area contributed by atoms with Gasteiger partial charge < -0.3 is 10.6 Å². The number of carbonyl (C=O) groups excluding carboxylic acids is 2. The Hall–Kier alpha value is -3.21. The lowest BCUT2D eigenvalue weighted by Crippen LogP contribution is -2.18. The van der Waals surface area contributed by atoms with E-state index in [-0.39, 0.29) is 17.7 Å². The third-order valence-electron chi connectivity index (χ3n) is 4.89. The van der Waals surface area contributed by atoms with Crippen LogP contribution >= 0.6 is 0 Å². The molecule has 5 heteroatoms. The Morgan fingerprint density at radius 2 is 1.68 bits per heavy atom. The van der Waals surface area contributed by atoms with Gasteiger partial charge in [-0.05, 0) is 43.2 Å². The Morgan fingerprint density at radius 1 is 0.964 bits per heavy atom. The van der Waals surface area contributed by atoms with Crippen molar-refractivity contribution < 1.29 is 9.59 Å². The maximum Gasteiger partial charge on any atom is 0.256 e. The summed E-state index contributed by atoms with van der Waals surface area (Å²) in [5, 5.41) is 6.66. The lowest BCUT2D eigenvalue weighted by Gasteiger charge is -2.12. The summed E-state index contributed by atoms with van der Waals surface area (Å²) >= 11 is 0. The van der Waals surface area contributed by atoms with Crippen LogP contribution in [0.4, 0.5) is 11.4 Å². The molecule has 0 radical (unpaired) electrons. The molecule has 0 bridgehead atoms. The van der Waals surface area contributed by atoms with Gasteiger partial charge in [0.2, 0.25) is 5.91 Å². The van der Waals surface area contributed by atoms with Crippen LogP contribution in [-0.4, -0.2) is 16.8 Å². The van der Waals surface area contributed by atoms with Crippen molar-refractivity contribution >= 4 is 34.1 Å². The zero-order chi connectivity index (χ0) is 19.7. The summed E-state index contributed by atoms with van der Waals surface area (Å²) in [4.78, 5) is 29.7. The van der Waals surface area contributed by atoms with Gasteiger partial charge in [-0.2, -0.15) is 0 Å². The fourth-order valence-electron chi connectivity index (χ4n) is 3.13. The maximum absolute atomic E-state index is 13.0. The third-order valence-corrected chi connectivity index (χ3v) is 4.89. The molecule has 5 nitrogen and oxygen atoms in total. The molecule has 3 aromatic rings. The van der Waals surface area contributed by atoms with Crippen molar-refractivity contribution in [1.29, 1.82) is 0 Å². The fraction of sp³-hybridized carbons (Fsp3) is 0.261. The quantitative estimate of drug-likeness (QED) is 0.664. The summed E-state index contributed by atoms with van der Waals surface area (Å²) in [6.45, 7) is 3.68. The van der Waals surface area contributed by atoms with Crippen LogP contribution in [0.3, 0.4) is 0 Å². The average Bonchev–Trinajstić information content (AvgIpc) is 3.52. The van der Waals surface area contributed by atoms with Crippen LogP contribution < -0.4 is 10.6 Å². The second-order valence-corrected chi connectivity index (χ2v) is 7.56. The Bertz CT molecular complexity index is 1050. The van der Waals surface area contributed by atoms with Crippen molar-refractivity contribution in [2.75, 3.05) is 10.6 Å². The molecule has 2 amide bonds. The fourth-order valence-corrected chi connectivity index (χ4v) is 3.13. The topological polar surface area (TPSA) is 71.1 Å². The van der Waals surface area contributed by atoms with Gasteiger partial charge in [-0.15, -0.1) is 0 Å². The van der Waals surface area contributed by atoms with Gasteiger partial charge in [0.1, 0.15) is 0 Å². The second-order valence-electron chi connectivity index (χ2n) is 7.56. The lowest BCUT2D eigenvalue weighted by molar-refractivity contribution is -0.118. The van der Waals surface area contributed by atoms with E-state index in [9.17, 15) is 9.59 Å². The van der Waals surface area contributed by atoms with Gasteiger partial charge in [0.15, 0.2) is 0 Å². The lowest BCUT2D eigenvalue weighted by atomic mass is 10.1. The SMILES string of the molecule is CC(C)C(=O)Nc1cccc(NC(=O)c2cc(C3CC3)nc3ccccc23)c1. The normalized spacial score (nSPS) is 13.5. The molecule has 1 fully saturated rings. The van der Waals surface area contributed by atoms with Crippen LogP contribution in [-0.2, 0) is 4.79 Å². The summed E-state index contributed by atoms with van der Waals surface area (Å²) in [5.41, 5.74) is 3.76. The molecule has 0 saturated heterocycles. The Morgan fingerprint density at radius 3 is 2.39 bits per heavy atom. The van der Waals surface area contributed by atoms with Crippen LogP contribution in [0.2, 0.25) is 0 Å². The molecule has 2 aromatic carbocycles. The highest BCUT2D eigenvalue weighted by Crippen LogP contribution is 2.40. The predicted molar refractivity (Wildman–Crippen MR) is 112 cm³/mol. The zero-order valence-corrected chi connectivity index (χ0v) is 16.0. The van der Waals surface area contributed by atoms with Crippen molar-refractivity contribution in [1.82, 2.24) is 4.98 Å². The molecule has 1 heterocycles. The van der Waals surface area contributed by atoms with Gasteiger partial charge in [0, 0.05) is 34.3 Å². The summed E-state index contributed by atoms with van der Waals surface area (Å²) in [6, 6.07) is 16.8. The maximum atomic E-state index is 13.0. The Balaban J connectivity index is 1.61. The number of hydrogen-bond donors (Lipinski definition) is 2. The van der Waals surface area contributed by atoms with E-state index in [4.69, 9.17) is 4.98 Å². The molecule has 0 aliphatic heterocycles. The number of anilines is 2. The van der Waals surface area contributed by atoms with Gasteiger partial charge >= 0.3 is 0 Å². The minimum Gasteiger partial charge on any atom is -0.326 e. The molecule has 2 N–H and O–H groups in total. The van der Waals surface area contributed by atoms with E-state index in [0.29, 0.717) is 22.9 Å². The molecule has 1 aliphatic carbocycles. The van der Waals surface area contributed by atoms with Gasteiger partial charge in [-0.1, -0.05) is 38.1 Å². The number of pyridine rings is 1. The number of aromatic nitrogens is 1. The van der Waals surface area contributed by atoms with Crippen molar-refractivity contribution in [3.63, 3.8) is 0 Å². The van der Waals surface area contributed by atoms with E-state index < -0.39 is 0 Å². The minimum absolute atomic E-state index is 0.0577. The first-order valence-corrected chi connectivity index (χ1v) is 9.63. The summed E-state index contributed by atoms with van der Waals surface area (Å²) in [5.74, 6) is 0.124. The first kappa shape index (κ1) is 18.2. The van der Waals surface area contributed by atoms with Crippen molar-refractivity contribution in [3.05, 3.63) is 65.9 Å². The van der Waals surface area contributed by atoms with E-state index in [2.05, 4.69) is 10.6 Å². The molecular weight excluding hydrogens is 350 g/mol. The van der Waals surface area contributed by atoms with Gasteiger partial charge in [-0.25, -0.2) is 0 Å². The van der Waals surface area contributed by atoms with E-state index in [1.54, 1.807) is 6.07 Å². The molecule has 1 saturated carbocycles. The number of carbonyl (C=O) groups is 2. The molecule has 0 unspecified atom stereocenters. The monoisotopic (exact) mass is 373 g/mol. The van der Waals surface area contributed by atoms with E-state index in [1.807, 2.05) is 62.4 Å². The average molecular weight is 373 g/mol. The largest absolute Gasteiger partial charge is 0.326 e. The van der Waals surface area contributed by atoms with Crippen LogP contribution in [0.25, 0.3) is 10.9 Å². The van der Waals surface area contributed by atoms with E-state index in [1.165, 1.54) is 0 Å². The Kier molecular flexibility index (Phi) is 4.82. The van der Waals surface area contributed by atoms with Crippen molar-refractivity contribution in [2.24, 2.45) is 5.92 Å². The zero-order valence-electron chi connectivity index (χ0n) is 16.0. The first-order valence-electron chi connectivity index (χ1n) is 9.63. The highest BCUT2D eigenvalue weighted by atomic mass is 16.2. The molecule has 1 aromatic heterocycles. The molecular formula is C23H23N3O2. The smallest absolute Gasteiger partial charge is 0.256 e. The number of para-hydroxylation sites is 1. The van der Waals surface area contributed by atoms with Gasteiger partial charge in [0.25, 0.3) is 5.91 Å². The third kappa shape index (κ3) is 3.88. The summed E-state index contributed by atoms with van der Waals surface area (Å²) in [6.07, 6.45) is 2.26. The highest BCUT2D eigenvalue weighted by molar-refractivity contribution is 6.12. The molecule has 0 atom stereocenters. The molecule has 0 spiro atoms. The van der Waals surface area contributed by atoms with Gasteiger partial charge in [0.05, 0.1) is 11.1 Å². The van der Waals surface area contributed by atoms with Crippen LogP contribution in [0.15, 0.2) is 54.6 Å².